The fourth-order valence-electron chi connectivity index (χ4n) is 4.16. The molecule has 1 aliphatic carbocycles. The predicted molar refractivity (Wildman–Crippen MR) is 105 cm³/mol. The van der Waals surface area contributed by atoms with Crippen LogP contribution in [0.4, 0.5) is 0 Å². The monoisotopic (exact) mass is 351 g/mol. The zero-order valence-corrected chi connectivity index (χ0v) is 15.7. The van der Waals surface area contributed by atoms with Gasteiger partial charge in [-0.05, 0) is 36.8 Å². The van der Waals surface area contributed by atoms with E-state index in [0.717, 1.165) is 19.3 Å². The van der Waals surface area contributed by atoms with Gasteiger partial charge in [0.05, 0.1) is 18.6 Å². The van der Waals surface area contributed by atoms with E-state index in [4.69, 9.17) is 4.74 Å². The fraction of sp³-hybridized carbons (Fsp3) is 0.435. The van der Waals surface area contributed by atoms with Crippen LogP contribution in [0.25, 0.3) is 0 Å². The van der Waals surface area contributed by atoms with Crippen molar-refractivity contribution in [2.75, 3.05) is 6.61 Å². The highest BCUT2D eigenvalue weighted by atomic mass is 16.5. The first-order chi connectivity index (χ1) is 12.7. The summed E-state index contributed by atoms with van der Waals surface area (Å²) in [5.41, 5.74) is 2.51. The van der Waals surface area contributed by atoms with Crippen molar-refractivity contribution < 1.29 is 9.53 Å². The van der Waals surface area contributed by atoms with E-state index in [9.17, 15) is 4.79 Å². The van der Waals surface area contributed by atoms with Gasteiger partial charge in [-0.3, -0.25) is 4.79 Å². The lowest BCUT2D eigenvalue weighted by molar-refractivity contribution is -0.149. The summed E-state index contributed by atoms with van der Waals surface area (Å²) in [5.74, 6) is 0.392. The zero-order chi connectivity index (χ0) is 18.4. The standard InChI is InChI=1S/C23H29NO2/c1-3-17-15-20(16-21(17)23(25)26-4-2)24-22(18-11-7-5-8-12-18)19-13-9-6-10-14-19/h5-14,17,20-22,24H,3-4,15-16H2,1-2H3. The molecule has 0 heterocycles. The van der Waals surface area contributed by atoms with E-state index in [1.54, 1.807) is 0 Å². The van der Waals surface area contributed by atoms with Crippen molar-refractivity contribution in [3.8, 4) is 0 Å². The Hall–Kier alpha value is -2.13. The Morgan fingerprint density at radius 1 is 1.00 bits per heavy atom. The van der Waals surface area contributed by atoms with Gasteiger partial charge in [0.25, 0.3) is 0 Å². The first-order valence-electron chi connectivity index (χ1n) is 9.75. The minimum Gasteiger partial charge on any atom is -0.466 e. The molecule has 0 aliphatic heterocycles. The lowest BCUT2D eigenvalue weighted by atomic mass is 9.94. The molecule has 0 radical (unpaired) electrons. The van der Waals surface area contributed by atoms with Crippen LogP contribution in [0.5, 0.6) is 0 Å². The zero-order valence-electron chi connectivity index (χ0n) is 15.7. The number of hydrogen-bond acceptors (Lipinski definition) is 3. The van der Waals surface area contributed by atoms with Gasteiger partial charge >= 0.3 is 5.97 Å². The van der Waals surface area contributed by atoms with Crippen molar-refractivity contribution in [1.29, 1.82) is 0 Å². The minimum absolute atomic E-state index is 0.0182. The summed E-state index contributed by atoms with van der Waals surface area (Å²) in [7, 11) is 0. The Kier molecular flexibility index (Phi) is 6.45. The van der Waals surface area contributed by atoms with E-state index in [-0.39, 0.29) is 17.9 Å². The lowest BCUT2D eigenvalue weighted by Crippen LogP contribution is -2.32. The SMILES string of the molecule is CCOC(=O)C1CC(NC(c2ccccc2)c2ccccc2)CC1CC. The number of nitrogens with one attached hydrogen (secondary N) is 1. The molecule has 1 aliphatic rings. The molecule has 3 heteroatoms. The summed E-state index contributed by atoms with van der Waals surface area (Å²) in [6, 6.07) is 21.5. The van der Waals surface area contributed by atoms with Gasteiger partial charge < -0.3 is 10.1 Å². The Morgan fingerprint density at radius 2 is 1.58 bits per heavy atom. The quantitative estimate of drug-likeness (QED) is 0.733. The maximum Gasteiger partial charge on any atom is 0.309 e. The van der Waals surface area contributed by atoms with Crippen molar-refractivity contribution in [3.63, 3.8) is 0 Å². The highest BCUT2D eigenvalue weighted by Crippen LogP contribution is 2.37. The number of hydrogen-bond donors (Lipinski definition) is 1. The van der Waals surface area contributed by atoms with E-state index < -0.39 is 0 Å². The third-order valence-corrected chi connectivity index (χ3v) is 5.48. The normalized spacial score (nSPS) is 22.5. The molecule has 0 bridgehead atoms. The summed E-state index contributed by atoms with van der Waals surface area (Å²) in [6.45, 7) is 4.51. The Balaban J connectivity index is 1.78. The van der Waals surface area contributed by atoms with Crippen LogP contribution in [0.15, 0.2) is 60.7 Å². The van der Waals surface area contributed by atoms with Crippen molar-refractivity contribution in [2.45, 2.75) is 45.2 Å². The molecule has 1 N–H and O–H groups in total. The molecular formula is C23H29NO2. The second-order valence-corrected chi connectivity index (χ2v) is 7.12. The Morgan fingerprint density at radius 3 is 2.08 bits per heavy atom. The Bertz CT molecular complexity index is 646. The third-order valence-electron chi connectivity index (χ3n) is 5.48. The molecule has 0 aromatic heterocycles. The summed E-state index contributed by atoms with van der Waals surface area (Å²) in [6.07, 6.45) is 2.90. The van der Waals surface area contributed by atoms with Crippen molar-refractivity contribution in [1.82, 2.24) is 5.32 Å². The summed E-state index contributed by atoms with van der Waals surface area (Å²) in [5, 5.41) is 3.83. The van der Waals surface area contributed by atoms with E-state index in [1.165, 1.54) is 11.1 Å². The molecule has 3 nitrogen and oxygen atoms in total. The van der Waals surface area contributed by atoms with Crippen molar-refractivity contribution in [3.05, 3.63) is 71.8 Å². The van der Waals surface area contributed by atoms with Gasteiger partial charge in [0.15, 0.2) is 0 Å². The number of esters is 1. The van der Waals surface area contributed by atoms with E-state index >= 15 is 0 Å². The lowest BCUT2D eigenvalue weighted by Gasteiger charge is -2.24. The minimum atomic E-state index is -0.0281. The van der Waals surface area contributed by atoms with E-state index in [0.29, 0.717) is 18.6 Å². The number of ether oxygens (including phenoxy) is 1. The number of rotatable bonds is 7. The average Bonchev–Trinajstić information content (AvgIpc) is 3.11. The molecule has 0 amide bonds. The van der Waals surface area contributed by atoms with Crippen LogP contribution in [0.2, 0.25) is 0 Å². The summed E-state index contributed by atoms with van der Waals surface area (Å²) < 4.78 is 5.31. The van der Waals surface area contributed by atoms with E-state index in [2.05, 4.69) is 60.8 Å². The van der Waals surface area contributed by atoms with Gasteiger partial charge in [0.1, 0.15) is 0 Å². The predicted octanol–water partition coefficient (Wildman–Crippen LogP) is 4.73. The molecule has 0 saturated heterocycles. The van der Waals surface area contributed by atoms with Gasteiger partial charge in [-0.25, -0.2) is 0 Å². The molecule has 26 heavy (non-hydrogen) atoms. The molecular weight excluding hydrogens is 322 g/mol. The number of benzene rings is 2. The summed E-state index contributed by atoms with van der Waals surface area (Å²) in [4.78, 5) is 12.3. The number of carbonyl (C=O) groups is 1. The average molecular weight is 351 g/mol. The molecule has 1 saturated carbocycles. The maximum atomic E-state index is 12.3. The van der Waals surface area contributed by atoms with Crippen LogP contribution in [0.3, 0.4) is 0 Å². The topological polar surface area (TPSA) is 38.3 Å². The summed E-state index contributed by atoms with van der Waals surface area (Å²) >= 11 is 0. The van der Waals surface area contributed by atoms with Gasteiger partial charge in [-0.15, -0.1) is 0 Å². The molecule has 2 aromatic rings. The molecule has 3 atom stereocenters. The first kappa shape index (κ1) is 18.7. The van der Waals surface area contributed by atoms with Crippen LogP contribution in [0.1, 0.15) is 50.3 Å². The Labute approximate surface area is 156 Å². The van der Waals surface area contributed by atoms with Gasteiger partial charge in [0.2, 0.25) is 0 Å². The molecule has 138 valence electrons. The molecule has 3 unspecified atom stereocenters. The highest BCUT2D eigenvalue weighted by Gasteiger charge is 2.39. The molecule has 0 spiro atoms. The molecule has 1 fully saturated rings. The van der Waals surface area contributed by atoms with Crippen LogP contribution in [-0.2, 0) is 9.53 Å². The van der Waals surface area contributed by atoms with E-state index in [1.807, 2.05) is 19.1 Å². The van der Waals surface area contributed by atoms with Gasteiger partial charge in [-0.1, -0.05) is 74.0 Å². The number of carbonyl (C=O) groups excluding carboxylic acids is 1. The molecule has 3 rings (SSSR count). The highest BCUT2D eigenvalue weighted by molar-refractivity contribution is 5.73. The van der Waals surface area contributed by atoms with Crippen LogP contribution in [0, 0.1) is 11.8 Å². The third kappa shape index (κ3) is 4.34. The smallest absolute Gasteiger partial charge is 0.309 e. The van der Waals surface area contributed by atoms with Gasteiger partial charge in [-0.2, -0.15) is 0 Å². The molecule has 2 aromatic carbocycles. The maximum absolute atomic E-state index is 12.3. The van der Waals surface area contributed by atoms with Gasteiger partial charge in [0, 0.05) is 6.04 Å². The first-order valence-corrected chi connectivity index (χ1v) is 9.75. The van der Waals surface area contributed by atoms with Crippen LogP contribution < -0.4 is 5.32 Å². The van der Waals surface area contributed by atoms with Crippen LogP contribution >= 0.6 is 0 Å². The fourth-order valence-corrected chi connectivity index (χ4v) is 4.16. The van der Waals surface area contributed by atoms with Crippen molar-refractivity contribution >= 4 is 5.97 Å². The second-order valence-electron chi connectivity index (χ2n) is 7.12. The van der Waals surface area contributed by atoms with Crippen molar-refractivity contribution in [2.24, 2.45) is 11.8 Å². The largest absolute Gasteiger partial charge is 0.466 e. The van der Waals surface area contributed by atoms with Crippen LogP contribution in [-0.4, -0.2) is 18.6 Å². The second kappa shape index (κ2) is 9.00.